The molecule has 0 aromatic heterocycles. The van der Waals surface area contributed by atoms with Gasteiger partial charge in [0.25, 0.3) is 0 Å². The van der Waals surface area contributed by atoms with Crippen LogP contribution in [0.5, 0.6) is 0 Å². The Labute approximate surface area is 269 Å². The van der Waals surface area contributed by atoms with Crippen molar-refractivity contribution in [3.63, 3.8) is 0 Å². The smallest absolute Gasteiger partial charge is 0.192 e. The summed E-state index contributed by atoms with van der Waals surface area (Å²) >= 11 is 0. The minimum atomic E-state index is -1.97. The molecule has 0 radical (unpaired) electrons. The Hall–Kier alpha value is -0.466. The molecule has 0 heterocycles. The number of allylic oxidation sites excluding steroid dienone is 3. The van der Waals surface area contributed by atoms with Crippen LogP contribution in [0.1, 0.15) is 120 Å². The summed E-state index contributed by atoms with van der Waals surface area (Å²) in [4.78, 5) is 0. The van der Waals surface area contributed by atoms with Crippen LogP contribution in [-0.4, -0.2) is 40.6 Å². The van der Waals surface area contributed by atoms with Gasteiger partial charge in [0, 0.05) is 6.61 Å². The first-order chi connectivity index (χ1) is 19.7. The van der Waals surface area contributed by atoms with Crippen molar-refractivity contribution in [3.05, 3.63) is 35.5 Å². The minimum Gasteiger partial charge on any atom is -0.410 e. The first-order valence-electron chi connectivity index (χ1n) is 17.7. The third-order valence-electron chi connectivity index (χ3n) is 13.2. The Morgan fingerprint density at radius 3 is 1.95 bits per heavy atom. The fourth-order valence-corrected chi connectivity index (χ4v) is 10.8. The lowest BCUT2D eigenvalue weighted by atomic mass is 9.59. The van der Waals surface area contributed by atoms with Crippen LogP contribution in [-0.2, 0) is 8.85 Å². The van der Waals surface area contributed by atoms with Crippen molar-refractivity contribution in [3.8, 4) is 0 Å². The van der Waals surface area contributed by atoms with Gasteiger partial charge in [-0.15, -0.1) is 0 Å². The lowest BCUT2D eigenvalue weighted by Crippen LogP contribution is -2.49. The van der Waals surface area contributed by atoms with E-state index in [1.54, 1.807) is 5.57 Å². The van der Waals surface area contributed by atoms with Gasteiger partial charge in [-0.3, -0.25) is 0 Å². The molecule has 3 aliphatic carbocycles. The largest absolute Gasteiger partial charge is 0.410 e. The zero-order chi connectivity index (χ0) is 32.6. The number of fused-ring (bicyclic) bond motifs is 1. The van der Waals surface area contributed by atoms with Crippen molar-refractivity contribution in [1.82, 2.24) is 0 Å². The van der Waals surface area contributed by atoms with Crippen LogP contribution in [0, 0.1) is 29.1 Å². The molecular weight excluding hydrogens is 561 g/mol. The predicted molar refractivity (Wildman–Crippen MR) is 191 cm³/mol. The highest BCUT2D eigenvalue weighted by molar-refractivity contribution is 6.74. The summed E-state index contributed by atoms with van der Waals surface area (Å²) in [6, 6.07) is 0. The van der Waals surface area contributed by atoms with Gasteiger partial charge in [-0.2, -0.15) is 0 Å². The zero-order valence-corrected chi connectivity index (χ0v) is 32.7. The third kappa shape index (κ3) is 8.10. The molecule has 0 amide bonds. The molecule has 1 N–H and O–H groups in total. The molecule has 0 aliphatic heterocycles. The monoisotopic (exact) mass is 630 g/mol. The zero-order valence-electron chi connectivity index (χ0n) is 30.7. The summed E-state index contributed by atoms with van der Waals surface area (Å²) in [6.07, 6.45) is 15.6. The van der Waals surface area contributed by atoms with E-state index in [0.29, 0.717) is 29.8 Å². The Morgan fingerprint density at radius 1 is 0.953 bits per heavy atom. The molecule has 0 aromatic rings. The van der Waals surface area contributed by atoms with Crippen molar-refractivity contribution in [1.29, 1.82) is 0 Å². The van der Waals surface area contributed by atoms with E-state index in [-0.39, 0.29) is 22.3 Å². The van der Waals surface area contributed by atoms with Crippen molar-refractivity contribution in [2.45, 2.75) is 169 Å². The van der Waals surface area contributed by atoms with E-state index >= 15 is 0 Å². The maximum atomic E-state index is 9.72. The number of aliphatic hydroxyl groups is 1. The van der Waals surface area contributed by atoms with Crippen LogP contribution in [0.2, 0.25) is 36.3 Å². The molecule has 0 bridgehead atoms. The normalized spacial score (nSPS) is 31.7. The van der Waals surface area contributed by atoms with E-state index in [0.717, 1.165) is 30.8 Å². The first kappa shape index (κ1) is 37.0. The summed E-state index contributed by atoms with van der Waals surface area (Å²) < 4.78 is 14.2. The maximum absolute atomic E-state index is 9.72. The van der Waals surface area contributed by atoms with Crippen LogP contribution >= 0.6 is 0 Å². The highest BCUT2D eigenvalue weighted by Gasteiger charge is 2.51. The van der Waals surface area contributed by atoms with E-state index in [4.69, 9.17) is 8.85 Å². The van der Waals surface area contributed by atoms with E-state index in [1.165, 1.54) is 44.1 Å². The molecule has 7 atom stereocenters. The molecule has 3 saturated carbocycles. The molecule has 5 heteroatoms. The van der Waals surface area contributed by atoms with Gasteiger partial charge in [0.2, 0.25) is 0 Å². The van der Waals surface area contributed by atoms with Crippen molar-refractivity contribution in [2.24, 2.45) is 29.1 Å². The van der Waals surface area contributed by atoms with Gasteiger partial charge >= 0.3 is 0 Å². The summed E-state index contributed by atoms with van der Waals surface area (Å²) in [7, 11) is -3.94. The fraction of sp³-hybridized carbons (Fsp3) is 0.842. The summed E-state index contributed by atoms with van der Waals surface area (Å²) in [5, 5.41) is 10.0. The number of rotatable bonds is 10. The van der Waals surface area contributed by atoms with Crippen molar-refractivity contribution < 1.29 is 14.0 Å². The molecule has 0 spiro atoms. The maximum Gasteiger partial charge on any atom is 0.192 e. The molecule has 0 aromatic carbocycles. The van der Waals surface area contributed by atoms with Gasteiger partial charge in [0.1, 0.15) is 0 Å². The molecule has 3 nitrogen and oxygen atoms in total. The molecule has 0 saturated heterocycles. The van der Waals surface area contributed by atoms with Crippen LogP contribution in [0.4, 0.5) is 0 Å². The molecule has 3 fully saturated rings. The molecular formula is C38H70O3Si2. The minimum absolute atomic E-state index is 0.0277. The van der Waals surface area contributed by atoms with Crippen molar-refractivity contribution in [2.75, 3.05) is 6.61 Å². The van der Waals surface area contributed by atoms with Crippen molar-refractivity contribution >= 4 is 16.6 Å². The van der Waals surface area contributed by atoms with Gasteiger partial charge < -0.3 is 14.0 Å². The molecule has 3 aliphatic rings. The lowest BCUT2D eigenvalue weighted by molar-refractivity contribution is 0.0636. The average Bonchev–Trinajstić information content (AvgIpc) is 3.24. The molecule has 43 heavy (non-hydrogen) atoms. The summed E-state index contributed by atoms with van der Waals surface area (Å²) in [6.45, 7) is 35.8. The first-order valence-corrected chi connectivity index (χ1v) is 23.5. The SMILES string of the molecule is C=C1[C@H](O[Si](C)(C)C(C)(C)C)CC(=C/C=C2\CCC[C@]3(C)[C@@H]([C@H](C)[C@@H](CC)CCO)CC[C@@H]23)C[C@H]1O[Si](C)(C)C(C)(C)C. The number of hydrogen-bond donors (Lipinski definition) is 1. The fourth-order valence-electron chi connectivity index (χ4n) is 8.17. The highest BCUT2D eigenvalue weighted by Crippen LogP contribution is 2.60. The van der Waals surface area contributed by atoms with E-state index in [1.807, 2.05) is 0 Å². The molecule has 0 unspecified atom stereocenters. The number of hydrogen-bond acceptors (Lipinski definition) is 3. The van der Waals surface area contributed by atoms with Gasteiger partial charge in [-0.05, 0) is 122 Å². The topological polar surface area (TPSA) is 38.7 Å². The Kier molecular flexibility index (Phi) is 11.8. The van der Waals surface area contributed by atoms with E-state index in [9.17, 15) is 5.11 Å². The second kappa shape index (κ2) is 13.7. The highest BCUT2D eigenvalue weighted by atomic mass is 28.4. The van der Waals surface area contributed by atoms with Gasteiger partial charge in [0.05, 0.1) is 12.2 Å². The van der Waals surface area contributed by atoms with Crippen LogP contribution in [0.3, 0.4) is 0 Å². The Morgan fingerprint density at radius 2 is 1.49 bits per heavy atom. The Balaban J connectivity index is 1.91. The second-order valence-electron chi connectivity index (χ2n) is 17.9. The predicted octanol–water partition coefficient (Wildman–Crippen LogP) is 11.2. The average molecular weight is 631 g/mol. The van der Waals surface area contributed by atoms with Gasteiger partial charge in [0.15, 0.2) is 16.6 Å². The lowest BCUT2D eigenvalue weighted by Gasteiger charge is -2.46. The standard InChI is InChI=1S/C38H70O3Si2/c1-15-30(22-24-39)27(2)32-20-21-33-31(17-16-23-38(32,33)10)19-18-29-25-34(40-42(11,12)36(4,5)6)28(3)35(26-29)41-43(13,14)37(7,8)9/h18-19,27,30,32-35,39H,3,15-17,20-26H2,1-2,4-14H3/b31-19+/t27-,30+,32-,33+,34-,35-,38-/m1/s1. The second-order valence-corrected chi connectivity index (χ2v) is 27.4. The molecule has 3 rings (SSSR count). The quantitative estimate of drug-likeness (QED) is 0.193. The number of aliphatic hydroxyl groups excluding tert-OH is 1. The van der Waals surface area contributed by atoms with Crippen LogP contribution < -0.4 is 0 Å². The molecule has 248 valence electrons. The van der Waals surface area contributed by atoms with E-state index < -0.39 is 16.6 Å². The van der Waals surface area contributed by atoms with Crippen LogP contribution in [0.15, 0.2) is 35.5 Å². The van der Waals surface area contributed by atoms with Crippen LogP contribution in [0.25, 0.3) is 0 Å². The summed E-state index contributed by atoms with van der Waals surface area (Å²) in [5.41, 5.74) is 4.69. The Bertz CT molecular complexity index is 985. The van der Waals surface area contributed by atoms with E-state index in [2.05, 4.69) is 107 Å². The summed E-state index contributed by atoms with van der Waals surface area (Å²) in [5.74, 6) is 2.76. The van der Waals surface area contributed by atoms with Gasteiger partial charge in [-0.1, -0.05) is 98.6 Å². The van der Waals surface area contributed by atoms with Gasteiger partial charge in [-0.25, -0.2) is 0 Å². The third-order valence-corrected chi connectivity index (χ3v) is 22.2.